The van der Waals surface area contributed by atoms with E-state index >= 15 is 0 Å². The third-order valence-corrected chi connectivity index (χ3v) is 6.21. The van der Waals surface area contributed by atoms with Crippen LogP contribution in [-0.2, 0) is 21.3 Å². The molecule has 8 heteroatoms. The molecule has 1 unspecified atom stereocenters. The summed E-state index contributed by atoms with van der Waals surface area (Å²) in [6.45, 7) is 0. The lowest BCUT2D eigenvalue weighted by Gasteiger charge is -2.16. The van der Waals surface area contributed by atoms with Crippen molar-refractivity contribution in [3.05, 3.63) is 78.9 Å². The van der Waals surface area contributed by atoms with Gasteiger partial charge in [-0.15, -0.1) is 0 Å². The Hall–Kier alpha value is -2.94. The molecule has 2 N–H and O–H groups in total. The van der Waals surface area contributed by atoms with Crippen LogP contribution < -0.4 is 9.44 Å². The molecule has 1 atom stereocenters. The minimum absolute atomic E-state index is 0.178. The van der Waals surface area contributed by atoms with E-state index in [2.05, 4.69) is 9.44 Å². The largest absolute Gasteiger partial charge is 0.755 e. The van der Waals surface area contributed by atoms with Gasteiger partial charge in [-0.3, -0.25) is 8.93 Å². The summed E-state index contributed by atoms with van der Waals surface area (Å²) < 4.78 is 53.2. The van der Waals surface area contributed by atoms with Gasteiger partial charge in [0.25, 0.3) is 10.0 Å². The van der Waals surface area contributed by atoms with Gasteiger partial charge >= 0.3 is 0 Å². The minimum Gasteiger partial charge on any atom is -0.755 e. The number of rotatable bonds is 5. The average Bonchev–Trinajstić information content (AvgIpc) is 2.69. The smallest absolute Gasteiger partial charge is 0.262 e. The summed E-state index contributed by atoms with van der Waals surface area (Å²) in [5.74, 6) is 0. The van der Waals surface area contributed by atoms with E-state index in [1.165, 1.54) is 6.07 Å². The van der Waals surface area contributed by atoms with E-state index in [-0.39, 0.29) is 4.90 Å². The Labute approximate surface area is 164 Å². The van der Waals surface area contributed by atoms with Gasteiger partial charge < -0.3 is 9.27 Å². The van der Waals surface area contributed by atoms with E-state index in [1.54, 1.807) is 54.6 Å². The van der Waals surface area contributed by atoms with Crippen LogP contribution in [0.15, 0.2) is 83.8 Å². The summed E-state index contributed by atoms with van der Waals surface area (Å²) in [5.41, 5.74) is 0.739. The van der Waals surface area contributed by atoms with E-state index in [1.807, 2.05) is 18.2 Å². The van der Waals surface area contributed by atoms with Crippen LogP contribution in [-0.4, -0.2) is 17.2 Å². The van der Waals surface area contributed by atoms with Crippen LogP contribution in [0, 0.1) is 0 Å². The van der Waals surface area contributed by atoms with E-state index in [4.69, 9.17) is 0 Å². The zero-order valence-electron chi connectivity index (χ0n) is 14.5. The van der Waals surface area contributed by atoms with Gasteiger partial charge in [-0.25, -0.2) is 8.42 Å². The van der Waals surface area contributed by atoms with Crippen LogP contribution in [0.2, 0.25) is 0 Å². The number of fused-ring (bicyclic) bond motifs is 2. The first-order valence-corrected chi connectivity index (χ1v) is 10.9. The average molecular weight is 411 g/mol. The molecule has 4 rings (SSSR count). The maximum atomic E-state index is 13.1. The fourth-order valence-electron chi connectivity index (χ4n) is 3.20. The van der Waals surface area contributed by atoms with Crippen LogP contribution >= 0.6 is 0 Å². The number of hydrogen-bond acceptors (Lipinski definition) is 4. The molecule has 28 heavy (non-hydrogen) atoms. The number of anilines is 2. The van der Waals surface area contributed by atoms with E-state index in [9.17, 15) is 17.2 Å². The molecule has 0 aliphatic rings. The Morgan fingerprint density at radius 3 is 2.00 bits per heavy atom. The van der Waals surface area contributed by atoms with Gasteiger partial charge in [-0.05, 0) is 23.6 Å². The summed E-state index contributed by atoms with van der Waals surface area (Å²) in [5, 5.41) is 2.63. The number of nitrogens with one attached hydrogen (secondary N) is 2. The van der Waals surface area contributed by atoms with Crippen LogP contribution in [0.1, 0.15) is 0 Å². The van der Waals surface area contributed by atoms with Crippen LogP contribution in [0.25, 0.3) is 21.5 Å². The standard InChI is InChI=1S/C20H16N2O4S2/c23-27(24)21-18-12-13-19(17-10-4-3-9-16(17)18)22-28(25,26)20-11-5-7-14-6-1-2-8-15(14)20/h1-13,21-22H,(H,23,24)/p-1. The molecular weight excluding hydrogens is 396 g/mol. The normalized spacial score (nSPS) is 12.8. The summed E-state index contributed by atoms with van der Waals surface area (Å²) in [6, 6.07) is 22.4. The Morgan fingerprint density at radius 1 is 0.714 bits per heavy atom. The van der Waals surface area contributed by atoms with Crippen LogP contribution in [0.5, 0.6) is 0 Å². The molecule has 0 aromatic heterocycles. The zero-order valence-corrected chi connectivity index (χ0v) is 16.1. The summed E-state index contributed by atoms with van der Waals surface area (Å²) in [7, 11) is -3.86. The van der Waals surface area contributed by atoms with Crippen molar-refractivity contribution in [3.63, 3.8) is 0 Å². The quantitative estimate of drug-likeness (QED) is 0.485. The van der Waals surface area contributed by atoms with Crippen molar-refractivity contribution in [2.24, 2.45) is 0 Å². The molecule has 4 aromatic rings. The number of benzene rings is 4. The Morgan fingerprint density at radius 2 is 1.29 bits per heavy atom. The van der Waals surface area contributed by atoms with E-state index in [0.29, 0.717) is 27.5 Å². The third-order valence-electron chi connectivity index (χ3n) is 4.40. The molecule has 0 bridgehead atoms. The first-order valence-electron chi connectivity index (χ1n) is 8.34. The van der Waals surface area contributed by atoms with Crippen LogP contribution in [0.3, 0.4) is 0 Å². The number of sulfonamides is 1. The van der Waals surface area contributed by atoms with Crippen molar-refractivity contribution >= 4 is 54.2 Å². The van der Waals surface area contributed by atoms with Gasteiger partial charge in [0.1, 0.15) is 0 Å². The van der Waals surface area contributed by atoms with Gasteiger partial charge in [0.2, 0.25) is 0 Å². The van der Waals surface area contributed by atoms with Crippen molar-refractivity contribution in [3.8, 4) is 0 Å². The predicted octanol–water partition coefficient (Wildman–Crippen LogP) is 4.00. The molecule has 6 nitrogen and oxygen atoms in total. The molecule has 142 valence electrons. The first-order chi connectivity index (χ1) is 13.5. The van der Waals surface area contributed by atoms with Gasteiger partial charge in [-0.1, -0.05) is 60.7 Å². The third kappa shape index (κ3) is 3.45. The molecule has 0 fully saturated rings. The number of hydrogen-bond donors (Lipinski definition) is 2. The lowest BCUT2D eigenvalue weighted by Crippen LogP contribution is -2.14. The topological polar surface area (TPSA) is 98.3 Å². The minimum atomic E-state index is -3.86. The Kier molecular flexibility index (Phi) is 4.76. The highest BCUT2D eigenvalue weighted by atomic mass is 32.2. The van der Waals surface area contributed by atoms with Gasteiger partial charge in [0.05, 0.1) is 16.3 Å². The highest BCUT2D eigenvalue weighted by Gasteiger charge is 2.19. The van der Waals surface area contributed by atoms with Crippen molar-refractivity contribution in [1.29, 1.82) is 0 Å². The summed E-state index contributed by atoms with van der Waals surface area (Å²) in [6.07, 6.45) is 0. The molecule has 4 aromatic carbocycles. The summed E-state index contributed by atoms with van der Waals surface area (Å²) in [4.78, 5) is 0.178. The van der Waals surface area contributed by atoms with Crippen LogP contribution in [0.4, 0.5) is 11.4 Å². The van der Waals surface area contributed by atoms with Crippen molar-refractivity contribution in [2.75, 3.05) is 9.44 Å². The maximum absolute atomic E-state index is 13.1. The SMILES string of the molecule is O=S([O-])Nc1ccc(NS(=O)(=O)c2cccc3ccccc23)c2ccccc12. The van der Waals surface area contributed by atoms with E-state index < -0.39 is 21.3 Å². The fraction of sp³-hybridized carbons (Fsp3) is 0. The van der Waals surface area contributed by atoms with Gasteiger partial charge in [0.15, 0.2) is 0 Å². The van der Waals surface area contributed by atoms with Crippen molar-refractivity contribution in [2.45, 2.75) is 4.90 Å². The molecule has 0 heterocycles. The molecule has 0 spiro atoms. The zero-order chi connectivity index (χ0) is 19.7. The second-order valence-corrected chi connectivity index (χ2v) is 8.45. The highest BCUT2D eigenvalue weighted by molar-refractivity contribution is 7.93. The lowest BCUT2D eigenvalue weighted by atomic mass is 10.1. The van der Waals surface area contributed by atoms with Crippen molar-refractivity contribution in [1.82, 2.24) is 0 Å². The fourth-order valence-corrected chi connectivity index (χ4v) is 4.86. The molecule has 0 radical (unpaired) electrons. The molecule has 0 aliphatic carbocycles. The first kappa shape index (κ1) is 18.4. The highest BCUT2D eigenvalue weighted by Crippen LogP contribution is 2.32. The van der Waals surface area contributed by atoms with Crippen molar-refractivity contribution < 1.29 is 17.2 Å². The Balaban J connectivity index is 1.82. The molecular formula is C20H15N2O4S2-. The molecule has 0 saturated carbocycles. The summed E-state index contributed by atoms with van der Waals surface area (Å²) >= 11 is -2.48. The lowest BCUT2D eigenvalue weighted by molar-refractivity contribution is 0.542. The predicted molar refractivity (Wildman–Crippen MR) is 111 cm³/mol. The van der Waals surface area contributed by atoms with E-state index in [0.717, 1.165) is 5.39 Å². The second kappa shape index (κ2) is 7.23. The Bertz CT molecular complexity index is 1320. The van der Waals surface area contributed by atoms with Gasteiger partial charge in [-0.2, -0.15) is 0 Å². The maximum Gasteiger partial charge on any atom is 0.262 e. The molecule has 0 saturated heterocycles. The molecule has 0 amide bonds. The van der Waals surface area contributed by atoms with Gasteiger partial charge in [0, 0.05) is 27.4 Å². The second-order valence-electron chi connectivity index (χ2n) is 6.13. The molecule has 0 aliphatic heterocycles. The monoisotopic (exact) mass is 411 g/mol.